The summed E-state index contributed by atoms with van der Waals surface area (Å²) in [6.07, 6.45) is 6.05. The molecule has 0 saturated carbocycles. The summed E-state index contributed by atoms with van der Waals surface area (Å²) in [5.74, 6) is 0.133. The second-order valence-corrected chi connectivity index (χ2v) is 14.1. The molecule has 8 aromatic rings. The fourth-order valence-electron chi connectivity index (χ4n) is 6.39. The van der Waals surface area contributed by atoms with Gasteiger partial charge in [0, 0.05) is 75.1 Å². The Labute approximate surface area is 340 Å². The SMILES string of the molecule is CN(C)CCCNc1cc(Nc2cc(-c3ccccc3F)nc3ccccc23)ccn1.OCc1cnccc1Nc1cc(-c2cc(Cl)ccc2F)nc2ccccc12. The summed E-state index contributed by atoms with van der Waals surface area (Å²) >= 11 is 6.05. The fourth-order valence-corrected chi connectivity index (χ4v) is 6.56. The van der Waals surface area contributed by atoms with Crippen molar-refractivity contribution in [1.82, 2.24) is 24.8 Å². The lowest BCUT2D eigenvalue weighted by molar-refractivity contribution is 0.282. The third kappa shape index (κ3) is 9.70. The molecule has 0 fully saturated rings. The van der Waals surface area contributed by atoms with E-state index in [0.29, 0.717) is 33.1 Å². The predicted molar refractivity (Wildman–Crippen MR) is 232 cm³/mol. The lowest BCUT2D eigenvalue weighted by Gasteiger charge is -2.14. The number of rotatable bonds is 12. The van der Waals surface area contributed by atoms with Crippen molar-refractivity contribution in [3.8, 4) is 22.5 Å². The normalized spacial score (nSPS) is 11.0. The minimum atomic E-state index is -0.395. The van der Waals surface area contributed by atoms with Crippen LogP contribution in [0.25, 0.3) is 44.3 Å². The van der Waals surface area contributed by atoms with Crippen molar-refractivity contribution < 1.29 is 13.9 Å². The van der Waals surface area contributed by atoms with Crippen molar-refractivity contribution in [2.24, 2.45) is 0 Å². The Kier molecular flexibility index (Phi) is 12.7. The van der Waals surface area contributed by atoms with E-state index in [4.69, 9.17) is 11.6 Å². The van der Waals surface area contributed by atoms with E-state index in [0.717, 1.165) is 69.9 Å². The molecule has 0 aliphatic heterocycles. The minimum Gasteiger partial charge on any atom is -0.392 e. The molecule has 0 saturated heterocycles. The Hall–Kier alpha value is -6.53. The van der Waals surface area contributed by atoms with Crippen LogP contribution in [0.2, 0.25) is 5.02 Å². The van der Waals surface area contributed by atoms with Gasteiger partial charge in [-0.25, -0.2) is 23.7 Å². The van der Waals surface area contributed by atoms with Crippen molar-refractivity contribution >= 4 is 62.0 Å². The molecule has 0 radical (unpaired) electrons. The lowest BCUT2D eigenvalue weighted by Crippen LogP contribution is -2.16. The van der Waals surface area contributed by atoms with E-state index in [2.05, 4.69) is 54.9 Å². The Morgan fingerprint density at radius 3 is 2.03 bits per heavy atom. The zero-order valence-electron chi connectivity index (χ0n) is 31.9. The minimum absolute atomic E-state index is 0.144. The Morgan fingerprint density at radius 2 is 1.33 bits per heavy atom. The van der Waals surface area contributed by atoms with Crippen LogP contribution >= 0.6 is 11.6 Å². The average molecular weight is 795 g/mol. The van der Waals surface area contributed by atoms with Crippen LogP contribution in [-0.4, -0.2) is 57.1 Å². The molecule has 292 valence electrons. The third-order valence-electron chi connectivity index (χ3n) is 9.26. The number of hydrogen-bond acceptors (Lipinski definition) is 9. The second kappa shape index (κ2) is 18.6. The molecular weight excluding hydrogens is 754 g/mol. The number of aliphatic hydroxyl groups excluding tert-OH is 1. The summed E-state index contributed by atoms with van der Waals surface area (Å²) in [4.78, 5) is 19.9. The molecule has 0 unspecified atom stereocenters. The molecule has 12 heteroatoms. The molecule has 0 aliphatic rings. The van der Waals surface area contributed by atoms with Crippen LogP contribution in [0, 0.1) is 11.6 Å². The molecule has 0 atom stereocenters. The van der Waals surface area contributed by atoms with Gasteiger partial charge in [-0.3, -0.25) is 4.98 Å². The largest absolute Gasteiger partial charge is 0.392 e. The van der Waals surface area contributed by atoms with Crippen LogP contribution in [0.1, 0.15) is 12.0 Å². The maximum absolute atomic E-state index is 14.4. The summed E-state index contributed by atoms with van der Waals surface area (Å²) in [6.45, 7) is 1.73. The molecule has 4 aromatic carbocycles. The zero-order chi connectivity index (χ0) is 40.4. The average Bonchev–Trinajstić information content (AvgIpc) is 3.24. The molecule has 4 N–H and O–H groups in total. The molecule has 58 heavy (non-hydrogen) atoms. The molecule has 0 aliphatic carbocycles. The summed E-state index contributed by atoms with van der Waals surface area (Å²) in [5.41, 5.74) is 7.30. The zero-order valence-corrected chi connectivity index (χ0v) is 32.7. The van der Waals surface area contributed by atoms with Crippen molar-refractivity contribution in [3.63, 3.8) is 0 Å². The Balaban J connectivity index is 0.000000178. The number of aromatic nitrogens is 4. The summed E-state index contributed by atoms with van der Waals surface area (Å²) in [5, 5.41) is 22.0. The number of hydrogen-bond donors (Lipinski definition) is 4. The van der Waals surface area contributed by atoms with Crippen molar-refractivity contribution in [2.45, 2.75) is 13.0 Å². The van der Waals surface area contributed by atoms with Gasteiger partial charge in [-0.1, -0.05) is 60.1 Å². The first-order valence-electron chi connectivity index (χ1n) is 18.7. The lowest BCUT2D eigenvalue weighted by atomic mass is 10.1. The van der Waals surface area contributed by atoms with Gasteiger partial charge in [0.15, 0.2) is 0 Å². The standard InChI is InChI=1S/C25H26FN5.C21H15ClFN3O/c1-31(2)15-7-13-27-25-16-18(12-14-28-25)29-24-17-23(19-8-3-5-10-21(19)26)30-22-11-6-4-9-20(22)24;22-14-5-6-17(23)16(9-14)21-10-20(15-3-1-2-4-19(15)26-21)25-18-7-8-24-11-13(18)12-27/h3-6,8-12,14,16-17H,7,13,15H2,1-2H3,(H2,27,28,29,30);1-11,27H,12H2,(H,24,25,26). The van der Waals surface area contributed by atoms with Gasteiger partial charge >= 0.3 is 0 Å². The van der Waals surface area contributed by atoms with Crippen molar-refractivity contribution in [1.29, 1.82) is 0 Å². The van der Waals surface area contributed by atoms with Crippen LogP contribution in [-0.2, 0) is 6.61 Å². The molecule has 9 nitrogen and oxygen atoms in total. The van der Waals surface area contributed by atoms with Crippen LogP contribution in [0.15, 0.2) is 140 Å². The topological polar surface area (TPSA) is 111 Å². The first-order valence-corrected chi connectivity index (χ1v) is 19.1. The molecule has 4 heterocycles. The van der Waals surface area contributed by atoms with E-state index in [-0.39, 0.29) is 12.4 Å². The molecule has 4 aromatic heterocycles. The number of halogens is 3. The smallest absolute Gasteiger partial charge is 0.132 e. The first kappa shape index (κ1) is 39.7. The van der Waals surface area contributed by atoms with Gasteiger partial charge in [-0.15, -0.1) is 0 Å². The summed E-state index contributed by atoms with van der Waals surface area (Å²) < 4.78 is 28.8. The number of aliphatic hydroxyl groups is 1. The van der Waals surface area contributed by atoms with Gasteiger partial charge in [-0.05, 0) is 93.8 Å². The van der Waals surface area contributed by atoms with Crippen LogP contribution in [0.5, 0.6) is 0 Å². The number of benzene rings is 4. The second-order valence-electron chi connectivity index (χ2n) is 13.7. The van der Waals surface area contributed by atoms with E-state index >= 15 is 0 Å². The molecular formula is C46H41ClF2N8O. The number of fused-ring (bicyclic) bond motifs is 2. The van der Waals surface area contributed by atoms with Crippen LogP contribution in [0.4, 0.5) is 37.3 Å². The Bertz CT molecular complexity index is 2680. The van der Waals surface area contributed by atoms with Gasteiger partial charge < -0.3 is 26.0 Å². The Morgan fingerprint density at radius 1 is 0.672 bits per heavy atom. The maximum atomic E-state index is 14.4. The highest BCUT2D eigenvalue weighted by atomic mass is 35.5. The monoisotopic (exact) mass is 794 g/mol. The quantitative estimate of drug-likeness (QED) is 0.0898. The number of nitrogens with zero attached hydrogens (tertiary/aromatic N) is 5. The predicted octanol–water partition coefficient (Wildman–Crippen LogP) is 10.9. The van der Waals surface area contributed by atoms with Crippen molar-refractivity contribution in [2.75, 3.05) is 43.1 Å². The van der Waals surface area contributed by atoms with Gasteiger partial charge in [0.05, 0.1) is 40.4 Å². The van der Waals surface area contributed by atoms with Gasteiger partial charge in [0.1, 0.15) is 17.5 Å². The maximum Gasteiger partial charge on any atom is 0.132 e. The van der Waals surface area contributed by atoms with E-state index in [1.54, 1.807) is 48.9 Å². The highest BCUT2D eigenvalue weighted by molar-refractivity contribution is 6.30. The number of pyridine rings is 4. The summed E-state index contributed by atoms with van der Waals surface area (Å²) in [7, 11) is 4.13. The molecule has 0 bridgehead atoms. The highest BCUT2D eigenvalue weighted by Crippen LogP contribution is 2.34. The first-order chi connectivity index (χ1) is 28.2. The molecule has 0 spiro atoms. The van der Waals surface area contributed by atoms with Crippen LogP contribution < -0.4 is 16.0 Å². The van der Waals surface area contributed by atoms with Crippen molar-refractivity contribution in [3.05, 3.63) is 162 Å². The van der Waals surface area contributed by atoms with Gasteiger partial charge in [-0.2, -0.15) is 0 Å². The highest BCUT2D eigenvalue weighted by Gasteiger charge is 2.14. The van der Waals surface area contributed by atoms with Crippen LogP contribution in [0.3, 0.4) is 0 Å². The third-order valence-corrected chi connectivity index (χ3v) is 9.49. The molecule has 8 rings (SSSR count). The fraction of sp³-hybridized carbons (Fsp3) is 0.130. The van der Waals surface area contributed by atoms with E-state index < -0.39 is 5.82 Å². The van der Waals surface area contributed by atoms with Gasteiger partial charge in [0.2, 0.25) is 0 Å². The number of para-hydroxylation sites is 2. The number of nitrogens with one attached hydrogen (secondary N) is 3. The number of anilines is 5. The van der Waals surface area contributed by atoms with Gasteiger partial charge in [0.25, 0.3) is 0 Å². The summed E-state index contributed by atoms with van der Waals surface area (Å²) in [6, 6.07) is 35.9. The van der Waals surface area contributed by atoms with E-state index in [1.165, 1.54) is 18.2 Å². The van der Waals surface area contributed by atoms with E-state index in [1.807, 2.05) is 72.8 Å². The molecule has 0 amide bonds. The van der Waals surface area contributed by atoms with E-state index in [9.17, 15) is 13.9 Å².